The van der Waals surface area contributed by atoms with E-state index in [2.05, 4.69) is 10.6 Å². The molecule has 10 heteroatoms. The predicted octanol–water partition coefficient (Wildman–Crippen LogP) is 2.49. The highest BCUT2D eigenvalue weighted by Crippen LogP contribution is 2.26. The number of amides is 3. The van der Waals surface area contributed by atoms with Crippen molar-refractivity contribution in [2.75, 3.05) is 13.7 Å². The number of benzene rings is 3. The molecule has 1 unspecified atom stereocenters. The molecule has 0 aromatic heterocycles. The van der Waals surface area contributed by atoms with E-state index in [0.717, 1.165) is 16.0 Å². The number of carbonyl (C=O) groups excluding carboxylic acids is 3. The zero-order chi connectivity index (χ0) is 28.9. The Labute approximate surface area is 233 Å². The Bertz CT molecular complexity index is 1250. The molecule has 3 aromatic carbocycles. The molecule has 3 rings (SSSR count). The molecule has 210 valence electrons. The van der Waals surface area contributed by atoms with E-state index < -0.39 is 23.8 Å². The van der Waals surface area contributed by atoms with Crippen LogP contribution in [0.1, 0.15) is 29.5 Å². The Morgan fingerprint density at radius 2 is 1.48 bits per heavy atom. The molecule has 6 N–H and O–H groups in total. The number of imide groups is 1. The van der Waals surface area contributed by atoms with Crippen molar-refractivity contribution >= 4 is 23.7 Å². The lowest BCUT2D eigenvalue weighted by Crippen LogP contribution is -2.53. The molecule has 1 atom stereocenters. The Hall–Kier alpha value is -4.86. The molecule has 0 spiro atoms. The lowest BCUT2D eigenvalue weighted by molar-refractivity contribution is -0.151. The summed E-state index contributed by atoms with van der Waals surface area (Å²) < 4.78 is 5.14. The molecular formula is C30H35N5O5. The van der Waals surface area contributed by atoms with Crippen LogP contribution in [0.5, 0.6) is 11.5 Å². The third-order valence-electron chi connectivity index (χ3n) is 6.23. The molecular weight excluding hydrogens is 510 g/mol. The van der Waals surface area contributed by atoms with Crippen molar-refractivity contribution in [2.24, 2.45) is 5.73 Å². The first-order valence-electron chi connectivity index (χ1n) is 12.9. The third kappa shape index (κ3) is 8.87. The van der Waals surface area contributed by atoms with E-state index in [1.54, 1.807) is 36.4 Å². The molecule has 0 radical (unpaired) electrons. The number of carbonyl (C=O) groups is 3. The molecule has 0 aliphatic rings. The summed E-state index contributed by atoms with van der Waals surface area (Å²) in [6.45, 7) is 0.382. The summed E-state index contributed by atoms with van der Waals surface area (Å²) in [6.07, 6.45) is 0.433. The number of ether oxygens (including phenoxy) is 1. The van der Waals surface area contributed by atoms with Crippen LogP contribution in [0.4, 0.5) is 0 Å². The zero-order valence-electron chi connectivity index (χ0n) is 22.4. The molecule has 0 fully saturated rings. The Balaban J connectivity index is 1.88. The Kier molecular flexibility index (Phi) is 11.1. The predicted molar refractivity (Wildman–Crippen MR) is 152 cm³/mol. The van der Waals surface area contributed by atoms with Crippen molar-refractivity contribution in [3.8, 4) is 11.5 Å². The quantitative estimate of drug-likeness (QED) is 0.125. The van der Waals surface area contributed by atoms with E-state index in [-0.39, 0.29) is 43.3 Å². The second kappa shape index (κ2) is 14.9. The van der Waals surface area contributed by atoms with Crippen LogP contribution in [0.25, 0.3) is 0 Å². The lowest BCUT2D eigenvalue weighted by Gasteiger charge is -2.30. The van der Waals surface area contributed by atoms with Crippen molar-refractivity contribution in [2.45, 2.75) is 38.3 Å². The van der Waals surface area contributed by atoms with Gasteiger partial charge in [-0.15, -0.1) is 0 Å². The van der Waals surface area contributed by atoms with Gasteiger partial charge in [0.2, 0.25) is 17.7 Å². The van der Waals surface area contributed by atoms with Gasteiger partial charge < -0.3 is 26.2 Å². The van der Waals surface area contributed by atoms with Gasteiger partial charge in [-0.25, -0.2) is 0 Å². The molecule has 40 heavy (non-hydrogen) atoms. The van der Waals surface area contributed by atoms with Gasteiger partial charge in [-0.1, -0.05) is 66.7 Å². The first-order valence-corrected chi connectivity index (χ1v) is 12.9. The molecule has 0 heterocycles. The number of hydrogen-bond acceptors (Lipinski definition) is 6. The van der Waals surface area contributed by atoms with E-state index in [9.17, 15) is 19.5 Å². The minimum absolute atomic E-state index is 0.0300. The highest BCUT2D eigenvalue weighted by Gasteiger charge is 2.34. The van der Waals surface area contributed by atoms with Crippen LogP contribution in [0.15, 0.2) is 78.9 Å². The van der Waals surface area contributed by atoms with Crippen molar-refractivity contribution in [3.63, 3.8) is 0 Å². The van der Waals surface area contributed by atoms with Crippen LogP contribution in [0, 0.1) is 5.41 Å². The molecule has 10 nitrogen and oxygen atoms in total. The molecule has 0 aliphatic heterocycles. The number of nitrogens with two attached hydrogens (primary N) is 1. The van der Waals surface area contributed by atoms with Crippen LogP contribution >= 0.6 is 0 Å². The second-order valence-electron chi connectivity index (χ2n) is 9.20. The third-order valence-corrected chi connectivity index (χ3v) is 6.23. The van der Waals surface area contributed by atoms with Crippen LogP contribution in [-0.4, -0.2) is 53.4 Å². The largest absolute Gasteiger partial charge is 0.504 e. The van der Waals surface area contributed by atoms with E-state index in [1.165, 1.54) is 13.2 Å². The average Bonchev–Trinajstić information content (AvgIpc) is 2.94. The molecule has 3 aromatic rings. The van der Waals surface area contributed by atoms with Gasteiger partial charge >= 0.3 is 0 Å². The fourth-order valence-corrected chi connectivity index (χ4v) is 4.23. The SMILES string of the molecule is COc1cc(CNC(=O)C(CCCNC(=N)N)N(C(=O)Cc2ccccc2)C(=O)Cc2ccccc2)ccc1O. The topological polar surface area (TPSA) is 158 Å². The minimum atomic E-state index is -1.10. The van der Waals surface area contributed by atoms with Gasteiger partial charge in [0.1, 0.15) is 6.04 Å². The zero-order valence-corrected chi connectivity index (χ0v) is 22.4. The number of rotatable bonds is 13. The highest BCUT2D eigenvalue weighted by molar-refractivity contribution is 6.01. The fourth-order valence-electron chi connectivity index (χ4n) is 4.23. The molecule has 0 saturated carbocycles. The minimum Gasteiger partial charge on any atom is -0.504 e. The summed E-state index contributed by atoms with van der Waals surface area (Å²) in [6, 6.07) is 21.7. The van der Waals surface area contributed by atoms with Gasteiger partial charge in [-0.3, -0.25) is 24.7 Å². The van der Waals surface area contributed by atoms with E-state index in [0.29, 0.717) is 18.5 Å². The summed E-state index contributed by atoms with van der Waals surface area (Å²) in [5.41, 5.74) is 7.50. The summed E-state index contributed by atoms with van der Waals surface area (Å²) in [5.74, 6) is -1.46. The van der Waals surface area contributed by atoms with Gasteiger partial charge in [-0.05, 0) is 41.7 Å². The van der Waals surface area contributed by atoms with Gasteiger partial charge in [0, 0.05) is 13.1 Å². The summed E-state index contributed by atoms with van der Waals surface area (Å²) in [5, 5.41) is 22.8. The fraction of sp³-hybridized carbons (Fsp3) is 0.267. The van der Waals surface area contributed by atoms with E-state index in [1.807, 2.05) is 36.4 Å². The number of guanidine groups is 1. The summed E-state index contributed by atoms with van der Waals surface area (Å²) in [7, 11) is 1.43. The van der Waals surface area contributed by atoms with Crippen LogP contribution in [0.2, 0.25) is 0 Å². The number of nitrogens with one attached hydrogen (secondary N) is 3. The number of methoxy groups -OCH3 is 1. The number of phenolic OH excluding ortho intramolecular Hbond substituents is 1. The molecule has 0 saturated heterocycles. The standard InChI is InChI=1S/C30H35N5O5/c1-40-26-17-23(14-15-25(26)36)20-34-29(39)24(13-8-16-33-30(31)32)35(27(37)18-21-9-4-2-5-10-21)28(38)19-22-11-6-3-7-12-22/h2-7,9-12,14-15,17,24,36H,8,13,16,18-20H2,1H3,(H,34,39)(H4,31,32,33). The number of nitrogens with zero attached hydrogens (tertiary/aromatic N) is 1. The van der Waals surface area contributed by atoms with Crippen LogP contribution < -0.4 is 21.1 Å². The maximum absolute atomic E-state index is 13.6. The van der Waals surface area contributed by atoms with Crippen LogP contribution in [0.3, 0.4) is 0 Å². The first-order chi connectivity index (χ1) is 19.3. The molecule has 0 aliphatic carbocycles. The molecule has 3 amide bonds. The van der Waals surface area contributed by atoms with Crippen molar-refractivity contribution in [1.29, 1.82) is 5.41 Å². The monoisotopic (exact) mass is 545 g/mol. The first kappa shape index (κ1) is 29.7. The lowest BCUT2D eigenvalue weighted by atomic mass is 10.0. The van der Waals surface area contributed by atoms with E-state index >= 15 is 0 Å². The second-order valence-corrected chi connectivity index (χ2v) is 9.20. The van der Waals surface area contributed by atoms with Crippen LogP contribution in [-0.2, 0) is 33.8 Å². The summed E-state index contributed by atoms with van der Waals surface area (Å²) in [4.78, 5) is 41.9. The Morgan fingerprint density at radius 3 is 2.00 bits per heavy atom. The molecule has 0 bridgehead atoms. The highest BCUT2D eigenvalue weighted by atomic mass is 16.5. The number of aromatic hydroxyl groups is 1. The Morgan fingerprint density at radius 1 is 0.900 bits per heavy atom. The average molecular weight is 546 g/mol. The van der Waals surface area contributed by atoms with E-state index in [4.69, 9.17) is 15.9 Å². The van der Waals surface area contributed by atoms with Gasteiger partial charge in [0.05, 0.1) is 20.0 Å². The normalized spacial score (nSPS) is 11.2. The van der Waals surface area contributed by atoms with Gasteiger partial charge in [0.15, 0.2) is 17.5 Å². The van der Waals surface area contributed by atoms with Crippen molar-refractivity contribution in [1.82, 2.24) is 15.5 Å². The van der Waals surface area contributed by atoms with Crippen molar-refractivity contribution in [3.05, 3.63) is 95.6 Å². The maximum Gasteiger partial charge on any atom is 0.243 e. The maximum atomic E-state index is 13.6. The number of phenols is 1. The van der Waals surface area contributed by atoms with Gasteiger partial charge in [-0.2, -0.15) is 0 Å². The summed E-state index contributed by atoms with van der Waals surface area (Å²) >= 11 is 0. The van der Waals surface area contributed by atoms with Gasteiger partial charge in [0.25, 0.3) is 0 Å². The smallest absolute Gasteiger partial charge is 0.243 e. The van der Waals surface area contributed by atoms with Crippen molar-refractivity contribution < 1.29 is 24.2 Å². The number of hydrogen-bond donors (Lipinski definition) is 5.